The summed E-state index contributed by atoms with van der Waals surface area (Å²) in [5, 5.41) is 8.81. The number of hydrogen-bond acceptors (Lipinski definition) is 3. The van der Waals surface area contributed by atoms with Crippen LogP contribution >= 0.6 is 24.0 Å². The molecule has 4 aromatic rings. The van der Waals surface area contributed by atoms with Gasteiger partial charge in [-0.25, -0.2) is 0 Å². The van der Waals surface area contributed by atoms with Gasteiger partial charge in [0, 0.05) is 31.5 Å². The van der Waals surface area contributed by atoms with E-state index in [1.54, 1.807) is 30.3 Å². The summed E-state index contributed by atoms with van der Waals surface area (Å²) in [4.78, 5) is 13.2. The maximum Gasteiger partial charge on any atom is 0.417 e. The SMILES string of the molecule is C[C@@H](COc1cccc(CC(=O)O)c1)CN(Cc1cccc(C(F)(F)F)c1Cl)CC(c1ccccc1)c1ccccc1.Cl. The summed E-state index contributed by atoms with van der Waals surface area (Å²) < 4.78 is 46.9. The molecule has 4 nitrogen and oxygen atoms in total. The number of hydrogen-bond donors (Lipinski definition) is 1. The van der Waals surface area contributed by atoms with Crippen molar-refractivity contribution >= 4 is 30.0 Å². The minimum Gasteiger partial charge on any atom is -0.493 e. The lowest BCUT2D eigenvalue weighted by Gasteiger charge is -2.31. The molecule has 0 aliphatic rings. The minimum absolute atomic E-state index is 0. The summed E-state index contributed by atoms with van der Waals surface area (Å²) in [5.41, 5.74) is 2.40. The van der Waals surface area contributed by atoms with Crippen molar-refractivity contribution in [3.8, 4) is 5.75 Å². The second kappa shape index (κ2) is 15.8. The standard InChI is InChI=1S/C34H33ClF3NO3.ClH/c1-24(23-42-29-16-8-10-25(18-29)19-32(40)41)20-39(21-28-15-9-17-31(33(28)35)34(36,37)38)22-30(26-11-4-2-5-12-26)27-13-6-3-7-14-27;/h2-18,24,30H,19-23H2,1H3,(H,40,41);1H/t24-;/m1./s1. The van der Waals surface area contributed by atoms with Gasteiger partial charge in [-0.1, -0.05) is 103 Å². The first kappa shape index (κ1) is 34.0. The fraction of sp³-hybridized carbons (Fsp3) is 0.265. The smallest absolute Gasteiger partial charge is 0.417 e. The minimum atomic E-state index is -4.55. The lowest BCUT2D eigenvalue weighted by atomic mass is 9.90. The van der Waals surface area contributed by atoms with Crippen LogP contribution in [0.15, 0.2) is 103 Å². The van der Waals surface area contributed by atoms with Crippen molar-refractivity contribution in [2.75, 3.05) is 19.7 Å². The van der Waals surface area contributed by atoms with Crippen LogP contribution < -0.4 is 4.74 Å². The Hall–Kier alpha value is -3.52. The number of alkyl halides is 3. The first-order chi connectivity index (χ1) is 20.1. The van der Waals surface area contributed by atoms with E-state index < -0.39 is 17.7 Å². The van der Waals surface area contributed by atoms with Crippen LogP contribution in [0.1, 0.15) is 40.7 Å². The molecule has 0 amide bonds. The molecular weight excluding hydrogens is 598 g/mol. The zero-order chi connectivity index (χ0) is 30.1. The highest BCUT2D eigenvalue weighted by Gasteiger charge is 2.34. The third kappa shape index (κ3) is 10.0. The normalized spacial score (nSPS) is 12.2. The van der Waals surface area contributed by atoms with Crippen molar-refractivity contribution in [1.82, 2.24) is 4.90 Å². The van der Waals surface area contributed by atoms with Gasteiger partial charge in [0.25, 0.3) is 0 Å². The Morgan fingerprint density at radius 1 is 0.884 bits per heavy atom. The van der Waals surface area contributed by atoms with Gasteiger partial charge in [0.1, 0.15) is 5.75 Å². The second-order valence-electron chi connectivity index (χ2n) is 10.5. The molecule has 0 aliphatic carbocycles. The number of rotatable bonds is 13. The van der Waals surface area contributed by atoms with Crippen molar-refractivity contribution < 1.29 is 27.8 Å². The van der Waals surface area contributed by atoms with Crippen molar-refractivity contribution in [3.63, 3.8) is 0 Å². The van der Waals surface area contributed by atoms with E-state index in [2.05, 4.69) is 29.2 Å². The van der Waals surface area contributed by atoms with Gasteiger partial charge in [0.2, 0.25) is 0 Å². The van der Waals surface area contributed by atoms with E-state index in [1.165, 1.54) is 6.07 Å². The van der Waals surface area contributed by atoms with Gasteiger partial charge in [-0.15, -0.1) is 12.4 Å². The lowest BCUT2D eigenvalue weighted by molar-refractivity contribution is -0.138. The fourth-order valence-electron chi connectivity index (χ4n) is 5.05. The predicted molar refractivity (Wildman–Crippen MR) is 166 cm³/mol. The quantitative estimate of drug-likeness (QED) is 0.160. The lowest BCUT2D eigenvalue weighted by Crippen LogP contribution is -2.34. The molecule has 0 unspecified atom stereocenters. The first-order valence-corrected chi connectivity index (χ1v) is 14.1. The van der Waals surface area contributed by atoms with Gasteiger partial charge in [-0.05, 0) is 40.5 Å². The Kier molecular flexibility index (Phi) is 12.5. The number of ether oxygens (including phenoxy) is 1. The molecule has 0 heterocycles. The van der Waals surface area contributed by atoms with Crippen LogP contribution in [-0.4, -0.2) is 35.7 Å². The average molecular weight is 633 g/mol. The maximum atomic E-state index is 13.6. The van der Waals surface area contributed by atoms with Gasteiger partial charge in [0.15, 0.2) is 0 Å². The Bertz CT molecular complexity index is 1410. The van der Waals surface area contributed by atoms with E-state index in [0.717, 1.165) is 17.2 Å². The zero-order valence-corrected chi connectivity index (χ0v) is 25.2. The topological polar surface area (TPSA) is 49.8 Å². The molecule has 228 valence electrons. The molecule has 0 bridgehead atoms. The summed E-state index contributed by atoms with van der Waals surface area (Å²) in [7, 11) is 0. The number of benzene rings is 4. The molecule has 0 saturated carbocycles. The Morgan fingerprint density at radius 3 is 2.07 bits per heavy atom. The van der Waals surface area contributed by atoms with Gasteiger partial charge in [-0.3, -0.25) is 9.69 Å². The van der Waals surface area contributed by atoms with Gasteiger partial charge >= 0.3 is 12.1 Å². The number of carboxylic acids is 1. The summed E-state index contributed by atoms with van der Waals surface area (Å²) >= 11 is 6.32. The Labute approximate surface area is 261 Å². The Balaban J connectivity index is 0.00000506. The largest absolute Gasteiger partial charge is 0.493 e. The van der Waals surface area contributed by atoms with Crippen LogP contribution in [0.3, 0.4) is 0 Å². The molecule has 9 heteroatoms. The monoisotopic (exact) mass is 631 g/mol. The third-order valence-corrected chi connectivity index (χ3v) is 7.43. The molecule has 0 aromatic heterocycles. The highest BCUT2D eigenvalue weighted by atomic mass is 35.5. The summed E-state index contributed by atoms with van der Waals surface area (Å²) in [6.07, 6.45) is -4.65. The molecule has 1 atom stereocenters. The molecule has 0 spiro atoms. The highest BCUT2D eigenvalue weighted by Crippen LogP contribution is 2.37. The van der Waals surface area contributed by atoms with Gasteiger partial charge < -0.3 is 9.84 Å². The second-order valence-corrected chi connectivity index (χ2v) is 10.9. The maximum absolute atomic E-state index is 13.6. The number of carbonyl (C=O) groups is 1. The summed E-state index contributed by atoms with van der Waals surface area (Å²) in [6, 6.07) is 31.1. The highest BCUT2D eigenvalue weighted by molar-refractivity contribution is 6.32. The van der Waals surface area contributed by atoms with Crippen LogP contribution in [0.4, 0.5) is 13.2 Å². The number of aliphatic carboxylic acids is 1. The Morgan fingerprint density at radius 2 is 1.49 bits per heavy atom. The third-order valence-electron chi connectivity index (χ3n) is 6.98. The molecule has 0 radical (unpaired) electrons. The number of halogens is 5. The molecule has 0 aliphatic heterocycles. The van der Waals surface area contributed by atoms with E-state index in [1.807, 2.05) is 43.3 Å². The van der Waals surface area contributed by atoms with Crippen LogP contribution in [0.25, 0.3) is 0 Å². The van der Waals surface area contributed by atoms with Crippen LogP contribution in [-0.2, 0) is 23.9 Å². The van der Waals surface area contributed by atoms with Crippen LogP contribution in [0.2, 0.25) is 5.02 Å². The zero-order valence-electron chi connectivity index (χ0n) is 23.6. The van der Waals surface area contributed by atoms with Crippen molar-refractivity contribution in [2.24, 2.45) is 5.92 Å². The van der Waals surface area contributed by atoms with E-state index in [-0.39, 0.29) is 42.2 Å². The van der Waals surface area contributed by atoms with Gasteiger partial charge in [0.05, 0.1) is 23.6 Å². The molecule has 0 fully saturated rings. The predicted octanol–water partition coefficient (Wildman–Crippen LogP) is 8.76. The average Bonchev–Trinajstić information content (AvgIpc) is 2.96. The van der Waals surface area contributed by atoms with Crippen molar-refractivity contribution in [2.45, 2.75) is 32.0 Å². The fourth-order valence-corrected chi connectivity index (χ4v) is 5.34. The van der Waals surface area contributed by atoms with Gasteiger partial charge in [-0.2, -0.15) is 13.2 Å². The molecule has 43 heavy (non-hydrogen) atoms. The number of carboxylic acid groups (broad SMARTS) is 1. The summed E-state index contributed by atoms with van der Waals surface area (Å²) in [6.45, 7) is 3.64. The molecule has 4 rings (SSSR count). The number of nitrogens with zero attached hydrogens (tertiary/aromatic N) is 1. The molecule has 1 N–H and O–H groups in total. The van der Waals surface area contributed by atoms with E-state index in [0.29, 0.717) is 36.6 Å². The van der Waals surface area contributed by atoms with Crippen molar-refractivity contribution in [1.29, 1.82) is 0 Å². The molecule has 4 aromatic carbocycles. The van der Waals surface area contributed by atoms with Crippen LogP contribution in [0.5, 0.6) is 5.75 Å². The summed E-state index contributed by atoms with van der Waals surface area (Å²) in [5.74, 6) is -0.391. The van der Waals surface area contributed by atoms with Crippen LogP contribution in [0, 0.1) is 5.92 Å². The molecule has 0 saturated heterocycles. The first-order valence-electron chi connectivity index (χ1n) is 13.7. The van der Waals surface area contributed by atoms with E-state index in [4.69, 9.17) is 21.4 Å². The van der Waals surface area contributed by atoms with Crippen molar-refractivity contribution in [3.05, 3.63) is 136 Å². The molecular formula is C34H34Cl2F3NO3. The van der Waals surface area contributed by atoms with E-state index >= 15 is 0 Å². The van der Waals surface area contributed by atoms with E-state index in [9.17, 15) is 18.0 Å².